The number of anilines is 2. The molecule has 2 fully saturated rings. The van der Waals surface area contributed by atoms with E-state index < -0.39 is 35.8 Å². The van der Waals surface area contributed by atoms with Crippen LogP contribution in [-0.4, -0.2) is 114 Å². The molecule has 0 radical (unpaired) electrons. The summed E-state index contributed by atoms with van der Waals surface area (Å²) in [5.74, 6) is -2.43. The average Bonchev–Trinajstić information content (AvgIpc) is 3.61. The van der Waals surface area contributed by atoms with E-state index in [4.69, 9.17) is 4.74 Å². The van der Waals surface area contributed by atoms with Gasteiger partial charge in [-0.25, -0.2) is 23.4 Å². The molecule has 228 valence electrons. The Kier molecular flexibility index (Phi) is 8.54. The maximum Gasteiger partial charge on any atom is 0.414 e. The second-order valence-electron chi connectivity index (χ2n) is 9.90. The molecule has 43 heavy (non-hydrogen) atoms. The van der Waals surface area contributed by atoms with Gasteiger partial charge in [-0.05, 0) is 6.92 Å². The molecular weight excluding hydrogens is 570 g/mol. The third-order valence-electron chi connectivity index (χ3n) is 7.27. The van der Waals surface area contributed by atoms with Gasteiger partial charge in [0.15, 0.2) is 17.3 Å². The molecule has 4 heterocycles. The molecule has 0 unspecified atom stereocenters. The van der Waals surface area contributed by atoms with Crippen LogP contribution in [-0.2, 0) is 14.3 Å². The van der Waals surface area contributed by atoms with Crippen molar-refractivity contribution in [3.63, 3.8) is 0 Å². The van der Waals surface area contributed by atoms with E-state index in [1.165, 1.54) is 23.1 Å². The van der Waals surface area contributed by atoms with Gasteiger partial charge in [0.1, 0.15) is 24.0 Å². The third kappa shape index (κ3) is 6.27. The van der Waals surface area contributed by atoms with Crippen molar-refractivity contribution >= 4 is 41.0 Å². The Balaban J connectivity index is 1.18. The molecule has 1 aromatic carbocycles. The second kappa shape index (κ2) is 12.5. The van der Waals surface area contributed by atoms with Crippen molar-refractivity contribution in [2.75, 3.05) is 69.3 Å². The van der Waals surface area contributed by atoms with Gasteiger partial charge in [-0.1, -0.05) is 0 Å². The summed E-state index contributed by atoms with van der Waals surface area (Å²) in [7, 11) is 1.19. The predicted octanol–water partition coefficient (Wildman–Crippen LogP) is 1.50. The van der Waals surface area contributed by atoms with E-state index in [0.29, 0.717) is 5.65 Å². The Morgan fingerprint density at radius 1 is 1.16 bits per heavy atom. The van der Waals surface area contributed by atoms with Crippen molar-refractivity contribution in [1.29, 1.82) is 0 Å². The van der Waals surface area contributed by atoms with E-state index in [-0.39, 0.29) is 75.3 Å². The molecule has 0 aliphatic carbocycles. The number of alkyl carbamates (subject to hydrolysis) is 1. The van der Waals surface area contributed by atoms with Gasteiger partial charge in [0.2, 0.25) is 5.91 Å². The number of carbonyl (C=O) groups is 4. The van der Waals surface area contributed by atoms with Gasteiger partial charge >= 0.3 is 12.2 Å². The van der Waals surface area contributed by atoms with Crippen LogP contribution in [0.5, 0.6) is 0 Å². The molecule has 3 aromatic rings. The number of likely N-dealkylation sites (N-methyl/N-ethyl adjacent to an activating group) is 1. The number of cyclic esters (lactones) is 1. The first-order chi connectivity index (χ1) is 20.7. The Bertz CT molecular complexity index is 1490. The van der Waals surface area contributed by atoms with Crippen LogP contribution in [0.4, 0.5) is 29.7 Å². The van der Waals surface area contributed by atoms with E-state index in [1.54, 1.807) is 34.8 Å². The van der Waals surface area contributed by atoms with Crippen LogP contribution in [0.25, 0.3) is 5.65 Å². The fourth-order valence-electron chi connectivity index (χ4n) is 5.00. The highest BCUT2D eigenvalue weighted by Gasteiger charge is 2.34. The molecule has 2 saturated heterocycles. The van der Waals surface area contributed by atoms with E-state index >= 15 is 8.78 Å². The van der Waals surface area contributed by atoms with Crippen LogP contribution in [0.3, 0.4) is 0 Å². The number of amides is 4. The number of fused-ring (bicyclic) bond motifs is 1. The monoisotopic (exact) mass is 600 g/mol. The van der Waals surface area contributed by atoms with Crippen molar-refractivity contribution in [3.8, 4) is 0 Å². The molecule has 0 spiro atoms. The minimum atomic E-state index is -0.871. The molecule has 0 bridgehead atoms. The number of hydrogen-bond donors (Lipinski definition) is 1. The number of aromatic nitrogens is 3. The molecule has 16 heteroatoms. The minimum absolute atomic E-state index is 0.0204. The Morgan fingerprint density at radius 3 is 2.53 bits per heavy atom. The Labute approximate surface area is 244 Å². The summed E-state index contributed by atoms with van der Waals surface area (Å²) in [6.07, 6.45) is 4.13. The number of imidazole rings is 1. The van der Waals surface area contributed by atoms with E-state index in [2.05, 4.69) is 20.0 Å². The fraction of sp³-hybridized carbons (Fsp3) is 0.407. The Morgan fingerprint density at radius 2 is 1.88 bits per heavy atom. The average molecular weight is 601 g/mol. The molecule has 5 rings (SSSR count). The standard InChI is InChI=1S/C27H30F2N8O6/c1-3-33(25(39)21-15-36-5-4-30-13-22(36)32-21)16-23(38)34-6-8-35(9-7-34)24-19(28)10-17(11-20(24)29)37-14-18(43-27(37)41)12-31-26(40)42-2/h4-5,10-11,13,15,18H,3,6-9,12,14,16H2,1-2H3,(H,31,40)/t18-/m0/s1. The molecule has 4 amide bonds. The first kappa shape index (κ1) is 29.5. The quantitative estimate of drug-likeness (QED) is 0.407. The van der Waals surface area contributed by atoms with Gasteiger partial charge in [-0.3, -0.25) is 19.5 Å². The number of halogens is 2. The zero-order valence-corrected chi connectivity index (χ0v) is 23.5. The highest BCUT2D eigenvalue weighted by atomic mass is 19.1. The molecule has 2 aliphatic heterocycles. The van der Waals surface area contributed by atoms with E-state index in [0.717, 1.165) is 17.0 Å². The maximum absolute atomic E-state index is 15.2. The smallest absolute Gasteiger partial charge is 0.414 e. The topological polar surface area (TPSA) is 142 Å². The molecular formula is C27H30F2N8O6. The number of piperazine rings is 1. The number of carbonyl (C=O) groups excluding carboxylic acids is 4. The first-order valence-electron chi connectivity index (χ1n) is 13.6. The SMILES string of the molecule is CCN(CC(=O)N1CCN(c2c(F)cc(N3C[C@H](CNC(=O)OC)OC3=O)cc2F)CC1)C(=O)c1cn2ccncc2n1. The van der Waals surface area contributed by atoms with Crippen LogP contribution in [0.1, 0.15) is 17.4 Å². The van der Waals surface area contributed by atoms with Crippen LogP contribution < -0.4 is 15.1 Å². The molecule has 14 nitrogen and oxygen atoms in total. The number of nitrogens with one attached hydrogen (secondary N) is 1. The predicted molar refractivity (Wildman–Crippen MR) is 148 cm³/mol. The molecule has 1 atom stereocenters. The van der Waals surface area contributed by atoms with Crippen molar-refractivity contribution in [2.24, 2.45) is 0 Å². The van der Waals surface area contributed by atoms with Crippen molar-refractivity contribution < 1.29 is 37.4 Å². The van der Waals surface area contributed by atoms with E-state index in [1.807, 2.05) is 0 Å². The lowest BCUT2D eigenvalue weighted by Gasteiger charge is -2.37. The lowest BCUT2D eigenvalue weighted by atomic mass is 10.2. The Hall–Kier alpha value is -5.02. The summed E-state index contributed by atoms with van der Waals surface area (Å²) in [4.78, 5) is 63.4. The number of methoxy groups -OCH3 is 1. The van der Waals surface area contributed by atoms with Gasteiger partial charge < -0.3 is 33.9 Å². The number of hydrogen-bond acceptors (Lipinski definition) is 9. The van der Waals surface area contributed by atoms with Gasteiger partial charge in [0.25, 0.3) is 5.91 Å². The van der Waals surface area contributed by atoms with Crippen molar-refractivity contribution in [3.05, 3.63) is 54.2 Å². The van der Waals surface area contributed by atoms with Gasteiger partial charge in [0, 0.05) is 63.4 Å². The zero-order valence-electron chi connectivity index (χ0n) is 23.5. The normalized spacial score (nSPS) is 16.8. The largest absolute Gasteiger partial charge is 0.453 e. The van der Waals surface area contributed by atoms with Gasteiger partial charge in [-0.15, -0.1) is 0 Å². The summed E-state index contributed by atoms with van der Waals surface area (Å²) in [5.41, 5.74) is 0.412. The molecule has 2 aromatic heterocycles. The second-order valence-corrected chi connectivity index (χ2v) is 9.90. The minimum Gasteiger partial charge on any atom is -0.453 e. The van der Waals surface area contributed by atoms with Gasteiger partial charge in [-0.2, -0.15) is 0 Å². The summed E-state index contributed by atoms with van der Waals surface area (Å²) < 4.78 is 41.7. The molecule has 1 N–H and O–H groups in total. The lowest BCUT2D eigenvalue weighted by molar-refractivity contribution is -0.132. The first-order valence-corrected chi connectivity index (χ1v) is 13.6. The van der Waals surface area contributed by atoms with Crippen LogP contribution in [0.15, 0.2) is 36.9 Å². The van der Waals surface area contributed by atoms with Crippen LogP contribution in [0.2, 0.25) is 0 Å². The number of nitrogens with zero attached hydrogens (tertiary/aromatic N) is 7. The van der Waals surface area contributed by atoms with Crippen molar-refractivity contribution in [2.45, 2.75) is 13.0 Å². The summed E-state index contributed by atoms with van der Waals surface area (Å²) >= 11 is 0. The summed E-state index contributed by atoms with van der Waals surface area (Å²) in [5, 5.41) is 2.41. The molecule has 2 aliphatic rings. The number of ether oxygens (including phenoxy) is 2. The summed E-state index contributed by atoms with van der Waals surface area (Å²) in [6, 6.07) is 2.10. The van der Waals surface area contributed by atoms with Crippen LogP contribution >= 0.6 is 0 Å². The number of rotatable bonds is 8. The van der Waals surface area contributed by atoms with E-state index in [9.17, 15) is 19.2 Å². The van der Waals surface area contributed by atoms with Crippen molar-refractivity contribution in [1.82, 2.24) is 29.5 Å². The summed E-state index contributed by atoms with van der Waals surface area (Å²) in [6.45, 7) is 2.54. The maximum atomic E-state index is 15.2. The highest BCUT2D eigenvalue weighted by Crippen LogP contribution is 2.31. The zero-order chi connectivity index (χ0) is 30.7. The van der Waals surface area contributed by atoms with Gasteiger partial charge in [0.05, 0.1) is 32.1 Å². The third-order valence-corrected chi connectivity index (χ3v) is 7.27. The highest BCUT2D eigenvalue weighted by molar-refractivity contribution is 5.95. The fourth-order valence-corrected chi connectivity index (χ4v) is 5.00. The molecule has 0 saturated carbocycles. The lowest BCUT2D eigenvalue weighted by Crippen LogP contribution is -2.52. The number of benzene rings is 1. The van der Waals surface area contributed by atoms with Crippen LogP contribution in [0, 0.1) is 11.6 Å².